The van der Waals surface area contributed by atoms with E-state index in [0.717, 1.165) is 29.7 Å². The number of nitrogens with one attached hydrogen (secondary N) is 2. The number of aryl methyl sites for hydroxylation is 1. The summed E-state index contributed by atoms with van der Waals surface area (Å²) in [7, 11) is 0. The third-order valence-corrected chi connectivity index (χ3v) is 4.50. The average molecular weight is 365 g/mol. The summed E-state index contributed by atoms with van der Waals surface area (Å²) in [5.41, 5.74) is 2.95. The first-order chi connectivity index (χ1) is 13.1. The molecule has 6 heteroatoms. The van der Waals surface area contributed by atoms with E-state index in [1.807, 2.05) is 54.6 Å². The standard InChI is InChI=1S/C21H23N3O3/c25-19(13-16-7-2-1-3-8-16)22-14-20(26)23-15-21(27)24-12-6-10-17-9-4-5-11-18(17)24/h1-5,7-9,11H,6,10,12-15H2,(H,22,25)(H,23,26). The third kappa shape index (κ3) is 5.17. The van der Waals surface area contributed by atoms with Crippen LogP contribution in [0.25, 0.3) is 0 Å². The number of nitrogens with zero attached hydrogens (tertiary/aromatic N) is 1. The van der Waals surface area contributed by atoms with Crippen LogP contribution in [-0.2, 0) is 27.2 Å². The summed E-state index contributed by atoms with van der Waals surface area (Å²) in [6.45, 7) is 0.427. The Morgan fingerprint density at radius 3 is 2.37 bits per heavy atom. The molecule has 3 rings (SSSR count). The second kappa shape index (κ2) is 8.98. The van der Waals surface area contributed by atoms with E-state index in [1.165, 1.54) is 0 Å². The first-order valence-corrected chi connectivity index (χ1v) is 9.09. The van der Waals surface area contributed by atoms with Crippen molar-refractivity contribution in [1.29, 1.82) is 0 Å². The summed E-state index contributed by atoms with van der Waals surface area (Å²) in [5.74, 6) is -0.756. The van der Waals surface area contributed by atoms with Crippen molar-refractivity contribution in [2.75, 3.05) is 24.5 Å². The first-order valence-electron chi connectivity index (χ1n) is 9.09. The summed E-state index contributed by atoms with van der Waals surface area (Å²) in [4.78, 5) is 38.0. The Labute approximate surface area is 158 Å². The van der Waals surface area contributed by atoms with E-state index in [0.29, 0.717) is 6.54 Å². The lowest BCUT2D eigenvalue weighted by atomic mass is 10.0. The van der Waals surface area contributed by atoms with Crippen LogP contribution in [0.2, 0.25) is 0 Å². The SMILES string of the molecule is O=C(CNC(=O)Cc1ccccc1)NCC(=O)N1CCCc2ccccc21. The van der Waals surface area contributed by atoms with Gasteiger partial charge in [0, 0.05) is 12.2 Å². The molecule has 27 heavy (non-hydrogen) atoms. The summed E-state index contributed by atoms with van der Waals surface area (Å²) < 4.78 is 0. The van der Waals surface area contributed by atoms with Crippen LogP contribution in [0.5, 0.6) is 0 Å². The number of para-hydroxylation sites is 1. The van der Waals surface area contributed by atoms with E-state index in [2.05, 4.69) is 10.6 Å². The molecule has 0 radical (unpaired) electrons. The highest BCUT2D eigenvalue weighted by Gasteiger charge is 2.22. The largest absolute Gasteiger partial charge is 0.347 e. The predicted octanol–water partition coefficient (Wildman–Crippen LogP) is 1.44. The first kappa shape index (κ1) is 18.6. The number of rotatable bonds is 6. The molecule has 1 aliphatic heterocycles. The molecule has 0 bridgehead atoms. The number of hydrogen-bond donors (Lipinski definition) is 2. The van der Waals surface area contributed by atoms with Gasteiger partial charge in [-0.05, 0) is 30.0 Å². The molecule has 1 aliphatic rings. The van der Waals surface area contributed by atoms with Gasteiger partial charge in [-0.25, -0.2) is 0 Å². The van der Waals surface area contributed by atoms with Gasteiger partial charge >= 0.3 is 0 Å². The summed E-state index contributed by atoms with van der Waals surface area (Å²) in [5, 5.41) is 5.16. The molecule has 0 fully saturated rings. The van der Waals surface area contributed by atoms with Crippen LogP contribution in [0.4, 0.5) is 5.69 Å². The van der Waals surface area contributed by atoms with Crippen molar-refractivity contribution >= 4 is 23.4 Å². The molecular formula is C21H23N3O3. The van der Waals surface area contributed by atoms with Gasteiger partial charge < -0.3 is 15.5 Å². The van der Waals surface area contributed by atoms with Crippen LogP contribution in [0.1, 0.15) is 17.5 Å². The maximum Gasteiger partial charge on any atom is 0.246 e. The van der Waals surface area contributed by atoms with Crippen molar-refractivity contribution in [3.05, 3.63) is 65.7 Å². The minimum atomic E-state index is -0.380. The number of carbonyl (C=O) groups excluding carboxylic acids is 3. The quantitative estimate of drug-likeness (QED) is 0.813. The fourth-order valence-corrected chi connectivity index (χ4v) is 3.15. The molecule has 0 aliphatic carbocycles. The Balaban J connectivity index is 1.43. The normalized spacial score (nSPS) is 12.8. The minimum Gasteiger partial charge on any atom is -0.347 e. The molecule has 1 heterocycles. The maximum atomic E-state index is 12.5. The fourth-order valence-electron chi connectivity index (χ4n) is 3.15. The number of anilines is 1. The molecule has 0 aromatic heterocycles. The smallest absolute Gasteiger partial charge is 0.246 e. The van der Waals surface area contributed by atoms with Crippen molar-refractivity contribution in [3.63, 3.8) is 0 Å². The lowest BCUT2D eigenvalue weighted by Gasteiger charge is -2.29. The third-order valence-electron chi connectivity index (χ3n) is 4.50. The van der Waals surface area contributed by atoms with Gasteiger partial charge in [0.2, 0.25) is 17.7 Å². The van der Waals surface area contributed by atoms with E-state index >= 15 is 0 Å². The van der Waals surface area contributed by atoms with Gasteiger partial charge in [0.05, 0.1) is 19.5 Å². The van der Waals surface area contributed by atoms with Crippen LogP contribution in [0.15, 0.2) is 54.6 Å². The molecule has 0 atom stereocenters. The molecule has 2 aromatic rings. The lowest BCUT2D eigenvalue weighted by Crippen LogP contribution is -2.45. The van der Waals surface area contributed by atoms with Crippen molar-refractivity contribution in [1.82, 2.24) is 10.6 Å². The second-order valence-corrected chi connectivity index (χ2v) is 6.49. The van der Waals surface area contributed by atoms with E-state index in [9.17, 15) is 14.4 Å². The Hall–Kier alpha value is -3.15. The van der Waals surface area contributed by atoms with Crippen molar-refractivity contribution in [3.8, 4) is 0 Å². The molecular weight excluding hydrogens is 342 g/mol. The van der Waals surface area contributed by atoms with Crippen LogP contribution in [0, 0.1) is 0 Å². The van der Waals surface area contributed by atoms with Gasteiger partial charge in [-0.2, -0.15) is 0 Å². The zero-order valence-corrected chi connectivity index (χ0v) is 15.1. The summed E-state index contributed by atoms with van der Waals surface area (Å²) >= 11 is 0. The molecule has 0 spiro atoms. The van der Waals surface area contributed by atoms with Gasteiger partial charge in [0.15, 0.2) is 0 Å². The predicted molar refractivity (Wildman–Crippen MR) is 103 cm³/mol. The average Bonchev–Trinajstić information content (AvgIpc) is 2.70. The lowest BCUT2D eigenvalue weighted by molar-refractivity contribution is -0.127. The van der Waals surface area contributed by atoms with Gasteiger partial charge in [-0.15, -0.1) is 0 Å². The highest BCUT2D eigenvalue weighted by atomic mass is 16.2. The molecule has 6 nitrogen and oxygen atoms in total. The number of carbonyl (C=O) groups is 3. The number of hydrogen-bond acceptors (Lipinski definition) is 3. The van der Waals surface area contributed by atoms with Crippen LogP contribution in [-0.4, -0.2) is 37.4 Å². The van der Waals surface area contributed by atoms with Gasteiger partial charge in [0.1, 0.15) is 0 Å². The second-order valence-electron chi connectivity index (χ2n) is 6.49. The highest BCUT2D eigenvalue weighted by molar-refractivity contribution is 5.98. The molecule has 140 valence electrons. The van der Waals surface area contributed by atoms with Gasteiger partial charge in [-0.1, -0.05) is 48.5 Å². The molecule has 2 aromatic carbocycles. The molecule has 0 saturated carbocycles. The van der Waals surface area contributed by atoms with Crippen molar-refractivity contribution in [2.45, 2.75) is 19.3 Å². The minimum absolute atomic E-state index is 0.0816. The fraction of sp³-hybridized carbons (Fsp3) is 0.286. The van der Waals surface area contributed by atoms with E-state index in [-0.39, 0.29) is 37.2 Å². The Morgan fingerprint density at radius 2 is 1.56 bits per heavy atom. The van der Waals surface area contributed by atoms with Crippen molar-refractivity contribution < 1.29 is 14.4 Å². The van der Waals surface area contributed by atoms with Crippen LogP contribution >= 0.6 is 0 Å². The highest BCUT2D eigenvalue weighted by Crippen LogP contribution is 2.26. The molecule has 0 saturated heterocycles. The van der Waals surface area contributed by atoms with E-state index < -0.39 is 0 Å². The van der Waals surface area contributed by atoms with E-state index in [1.54, 1.807) is 4.90 Å². The summed E-state index contributed by atoms with van der Waals surface area (Å²) in [6, 6.07) is 17.1. The van der Waals surface area contributed by atoms with E-state index in [4.69, 9.17) is 0 Å². The molecule has 0 unspecified atom stereocenters. The number of fused-ring (bicyclic) bond motifs is 1. The zero-order valence-electron chi connectivity index (χ0n) is 15.1. The van der Waals surface area contributed by atoms with Crippen LogP contribution in [0.3, 0.4) is 0 Å². The topological polar surface area (TPSA) is 78.5 Å². The molecule has 2 N–H and O–H groups in total. The van der Waals surface area contributed by atoms with Gasteiger partial charge in [-0.3, -0.25) is 14.4 Å². The monoisotopic (exact) mass is 365 g/mol. The zero-order chi connectivity index (χ0) is 19.1. The van der Waals surface area contributed by atoms with Crippen LogP contribution < -0.4 is 15.5 Å². The number of benzene rings is 2. The summed E-state index contributed by atoms with van der Waals surface area (Å²) in [6.07, 6.45) is 2.09. The van der Waals surface area contributed by atoms with Gasteiger partial charge in [0.25, 0.3) is 0 Å². The molecule has 3 amide bonds. The Morgan fingerprint density at radius 1 is 0.852 bits per heavy atom. The number of amides is 3. The van der Waals surface area contributed by atoms with Crippen molar-refractivity contribution in [2.24, 2.45) is 0 Å². The Bertz CT molecular complexity index is 820. The Kier molecular flexibility index (Phi) is 6.20. The maximum absolute atomic E-state index is 12.5.